The Bertz CT molecular complexity index is 967. The number of amides is 1. The quantitative estimate of drug-likeness (QED) is 0.722. The Morgan fingerprint density at radius 2 is 2.33 bits per heavy atom. The Kier molecular flexibility index (Phi) is 5.27. The van der Waals surface area contributed by atoms with Crippen LogP contribution in [0, 0.1) is 17.1 Å². The molecule has 0 spiro atoms. The van der Waals surface area contributed by atoms with Gasteiger partial charge in [-0.25, -0.2) is 13.3 Å². The second kappa shape index (κ2) is 7.48. The van der Waals surface area contributed by atoms with Crippen molar-refractivity contribution in [3.05, 3.63) is 41.5 Å². The normalized spacial score (nSPS) is 20.0. The first-order valence-electron chi connectivity index (χ1n) is 8.01. The lowest BCUT2D eigenvalue weighted by molar-refractivity contribution is 0.101. The van der Waals surface area contributed by atoms with E-state index in [1.165, 1.54) is 22.9 Å². The summed E-state index contributed by atoms with van der Waals surface area (Å²) in [6.07, 6.45) is 0.705. The number of fused-ring (bicyclic) bond motifs is 1. The van der Waals surface area contributed by atoms with Gasteiger partial charge in [0.15, 0.2) is 11.4 Å². The van der Waals surface area contributed by atoms with Crippen LogP contribution < -0.4 is 14.8 Å². The molecule has 1 aliphatic rings. The highest BCUT2D eigenvalue weighted by Gasteiger charge is 2.31. The van der Waals surface area contributed by atoms with Gasteiger partial charge in [0.25, 0.3) is 5.91 Å². The highest BCUT2D eigenvalue weighted by molar-refractivity contribution is 7.83. The number of nitrogens with zero attached hydrogens (tertiary/aromatic N) is 2. The van der Waals surface area contributed by atoms with Gasteiger partial charge in [-0.05, 0) is 25.1 Å². The van der Waals surface area contributed by atoms with Crippen LogP contribution in [0.2, 0.25) is 0 Å². The minimum Gasteiger partial charge on any atom is -0.488 e. The molecule has 0 saturated heterocycles. The smallest absolute Gasteiger partial charge is 0.276 e. The average Bonchev–Trinajstić information content (AvgIpc) is 2.87. The number of nitrogens with one attached hydrogen (secondary N) is 2. The van der Waals surface area contributed by atoms with E-state index in [-0.39, 0.29) is 34.2 Å². The molecule has 3 rings (SSSR count). The Morgan fingerprint density at radius 1 is 1.59 bits per heavy atom. The molecule has 3 N–H and O–H groups in total. The highest BCUT2D eigenvalue weighted by atomic mass is 32.2. The first kappa shape index (κ1) is 19.0. The SMILES string of the molecule is CC(O)C1COc2c(cn(C)c2C(=O)Nc2ccc(F)c(C#N)c2)S(=O)N1. The molecule has 1 aromatic heterocycles. The van der Waals surface area contributed by atoms with Gasteiger partial charge in [0.05, 0.1) is 17.7 Å². The van der Waals surface area contributed by atoms with Gasteiger partial charge in [0.2, 0.25) is 0 Å². The fourth-order valence-electron chi connectivity index (χ4n) is 2.64. The van der Waals surface area contributed by atoms with Crippen LogP contribution in [-0.2, 0) is 18.0 Å². The minimum absolute atomic E-state index is 0.0236. The number of hydrogen-bond acceptors (Lipinski definition) is 5. The molecule has 3 unspecified atom stereocenters. The summed E-state index contributed by atoms with van der Waals surface area (Å²) < 4.78 is 35.8. The van der Waals surface area contributed by atoms with E-state index < -0.39 is 34.9 Å². The van der Waals surface area contributed by atoms with Crippen molar-refractivity contribution in [2.45, 2.75) is 24.0 Å². The maximum absolute atomic E-state index is 13.4. The van der Waals surface area contributed by atoms with Gasteiger partial charge >= 0.3 is 0 Å². The number of carbonyl (C=O) groups excluding carboxylic acids is 1. The van der Waals surface area contributed by atoms with Gasteiger partial charge in [-0.3, -0.25) is 4.79 Å². The van der Waals surface area contributed by atoms with Gasteiger partial charge in [-0.2, -0.15) is 5.26 Å². The first-order chi connectivity index (χ1) is 12.8. The van der Waals surface area contributed by atoms with E-state index in [1.807, 2.05) is 0 Å². The summed E-state index contributed by atoms with van der Waals surface area (Å²) in [6.45, 7) is 1.57. The number of aliphatic hydroxyl groups is 1. The van der Waals surface area contributed by atoms with Crippen LogP contribution in [-0.4, -0.2) is 38.5 Å². The van der Waals surface area contributed by atoms with E-state index in [0.29, 0.717) is 0 Å². The molecule has 8 nitrogen and oxygen atoms in total. The number of hydrogen-bond donors (Lipinski definition) is 3. The summed E-state index contributed by atoms with van der Waals surface area (Å²) in [5.41, 5.74) is 0.164. The van der Waals surface area contributed by atoms with Crippen LogP contribution in [0.15, 0.2) is 29.3 Å². The fraction of sp³-hybridized carbons (Fsp3) is 0.294. The molecule has 0 fully saturated rings. The molecule has 0 aliphatic carbocycles. The second-order valence-electron chi connectivity index (χ2n) is 6.09. The van der Waals surface area contributed by atoms with Gasteiger partial charge in [-0.1, -0.05) is 0 Å². The molecule has 0 radical (unpaired) electrons. The van der Waals surface area contributed by atoms with Crippen LogP contribution in [0.25, 0.3) is 0 Å². The number of halogens is 1. The summed E-state index contributed by atoms with van der Waals surface area (Å²) >= 11 is 0. The van der Waals surface area contributed by atoms with Crippen molar-refractivity contribution in [2.75, 3.05) is 11.9 Å². The summed E-state index contributed by atoms with van der Waals surface area (Å²) in [5, 5.41) is 21.2. The fourth-order valence-corrected chi connectivity index (χ4v) is 3.88. The van der Waals surface area contributed by atoms with E-state index in [0.717, 1.165) is 6.07 Å². The summed E-state index contributed by atoms with van der Waals surface area (Å²) in [4.78, 5) is 13.0. The number of benzene rings is 1. The predicted molar refractivity (Wildman–Crippen MR) is 95.0 cm³/mol. The van der Waals surface area contributed by atoms with Crippen molar-refractivity contribution < 1.29 is 23.2 Å². The number of nitriles is 1. The lowest BCUT2D eigenvalue weighted by Crippen LogP contribution is -2.42. The molecule has 1 aliphatic heterocycles. The third-order valence-electron chi connectivity index (χ3n) is 4.11. The number of aliphatic hydroxyl groups excluding tert-OH is 1. The van der Waals surface area contributed by atoms with E-state index in [2.05, 4.69) is 10.0 Å². The minimum atomic E-state index is -1.67. The Morgan fingerprint density at radius 3 is 3.00 bits per heavy atom. The van der Waals surface area contributed by atoms with Crippen LogP contribution in [0.3, 0.4) is 0 Å². The monoisotopic (exact) mass is 392 g/mol. The molecule has 1 aromatic carbocycles. The van der Waals surface area contributed by atoms with Gasteiger partial charge in [0, 0.05) is 18.9 Å². The van der Waals surface area contributed by atoms with Crippen molar-refractivity contribution in [1.82, 2.24) is 9.29 Å². The highest BCUT2D eigenvalue weighted by Crippen LogP contribution is 2.31. The zero-order valence-corrected chi connectivity index (χ0v) is 15.3. The molecule has 10 heteroatoms. The molecule has 2 heterocycles. The lowest BCUT2D eigenvalue weighted by atomic mass is 10.2. The molecule has 1 amide bonds. The van der Waals surface area contributed by atoms with Crippen molar-refractivity contribution in [1.29, 1.82) is 5.26 Å². The van der Waals surface area contributed by atoms with Crippen LogP contribution in [0.1, 0.15) is 23.0 Å². The van der Waals surface area contributed by atoms with Gasteiger partial charge in [-0.15, -0.1) is 0 Å². The largest absolute Gasteiger partial charge is 0.488 e. The standard InChI is InChI=1S/C17H17FN4O4S/c1-9(23)13-8-26-16-14(27(25)21-13)7-22(2)15(16)17(24)20-11-3-4-12(18)10(5-11)6-19/h3-5,7,9,13,21,23H,8H2,1-2H3,(H,20,24). The summed E-state index contributed by atoms with van der Waals surface area (Å²) in [6, 6.07) is 4.79. The molecular formula is C17H17FN4O4S. The van der Waals surface area contributed by atoms with Crippen molar-refractivity contribution in [3.8, 4) is 11.8 Å². The third kappa shape index (κ3) is 3.71. The zero-order valence-electron chi connectivity index (χ0n) is 14.5. The van der Waals surface area contributed by atoms with Gasteiger partial charge < -0.3 is 19.7 Å². The maximum Gasteiger partial charge on any atom is 0.276 e. The molecule has 2 aromatic rings. The van der Waals surface area contributed by atoms with Crippen molar-refractivity contribution in [2.24, 2.45) is 7.05 Å². The lowest BCUT2D eigenvalue weighted by Gasteiger charge is -2.17. The van der Waals surface area contributed by atoms with Crippen LogP contribution in [0.5, 0.6) is 5.75 Å². The molecule has 0 saturated carbocycles. The Hall–Kier alpha value is -2.74. The molecule has 142 valence electrons. The van der Waals surface area contributed by atoms with Crippen LogP contribution >= 0.6 is 0 Å². The van der Waals surface area contributed by atoms with Gasteiger partial charge in [0.1, 0.15) is 34.4 Å². The topological polar surface area (TPSA) is 116 Å². The number of rotatable bonds is 3. The Balaban J connectivity index is 1.91. The van der Waals surface area contributed by atoms with E-state index in [9.17, 15) is 18.5 Å². The van der Waals surface area contributed by atoms with E-state index in [1.54, 1.807) is 20.0 Å². The molecule has 0 bridgehead atoms. The number of ether oxygens (including phenoxy) is 1. The Labute approximate surface area is 157 Å². The molecular weight excluding hydrogens is 375 g/mol. The summed E-state index contributed by atoms with van der Waals surface area (Å²) in [7, 11) is -0.0735. The number of aryl methyl sites for hydroxylation is 1. The number of aromatic nitrogens is 1. The average molecular weight is 392 g/mol. The maximum atomic E-state index is 13.4. The predicted octanol–water partition coefficient (Wildman–Crippen LogP) is 1.04. The van der Waals surface area contributed by atoms with E-state index >= 15 is 0 Å². The molecule has 27 heavy (non-hydrogen) atoms. The number of carbonyl (C=O) groups is 1. The van der Waals surface area contributed by atoms with E-state index in [4.69, 9.17) is 10.00 Å². The van der Waals surface area contributed by atoms with Crippen molar-refractivity contribution >= 4 is 22.6 Å². The third-order valence-corrected chi connectivity index (χ3v) is 5.32. The van der Waals surface area contributed by atoms with Crippen LogP contribution in [0.4, 0.5) is 10.1 Å². The molecule has 3 atom stereocenters. The second-order valence-corrected chi connectivity index (χ2v) is 7.30. The van der Waals surface area contributed by atoms with Crippen molar-refractivity contribution in [3.63, 3.8) is 0 Å². The summed E-state index contributed by atoms with van der Waals surface area (Å²) in [5.74, 6) is -1.11. The first-order valence-corrected chi connectivity index (χ1v) is 9.16. The number of anilines is 1. The zero-order chi connectivity index (χ0) is 19.7.